The van der Waals surface area contributed by atoms with Gasteiger partial charge in [-0.1, -0.05) is 35.3 Å². The van der Waals surface area contributed by atoms with Crippen molar-refractivity contribution >= 4 is 35.1 Å². The van der Waals surface area contributed by atoms with Crippen LogP contribution in [0.1, 0.15) is 11.6 Å². The smallest absolute Gasteiger partial charge is 0.471 e. The lowest BCUT2D eigenvalue weighted by atomic mass is 10.1. The Morgan fingerprint density at radius 3 is 2.30 bits per heavy atom. The van der Waals surface area contributed by atoms with Gasteiger partial charge in [-0.15, -0.1) is 0 Å². The van der Waals surface area contributed by atoms with E-state index in [1.54, 1.807) is 0 Å². The monoisotopic (exact) mass is 329 g/mol. The quantitative estimate of drug-likeness (QED) is 0.926. The number of rotatable bonds is 3. The molecule has 1 unspecified atom stereocenters. The van der Waals surface area contributed by atoms with Crippen molar-refractivity contribution in [2.75, 3.05) is 7.05 Å². The molecule has 0 aliphatic heterocycles. The number of carboxylic acid groups (broad SMARTS) is 1. The highest BCUT2D eigenvalue weighted by Crippen LogP contribution is 2.34. The van der Waals surface area contributed by atoms with Gasteiger partial charge in [0.1, 0.15) is 0 Å². The second-order valence-corrected chi connectivity index (χ2v) is 4.58. The number of halogens is 5. The number of aliphatic carboxylic acids is 1. The summed E-state index contributed by atoms with van der Waals surface area (Å²) < 4.78 is 37.1. The predicted octanol–water partition coefficient (Wildman–Crippen LogP) is 3.14. The van der Waals surface area contributed by atoms with E-state index in [2.05, 4.69) is 0 Å². The van der Waals surface area contributed by atoms with E-state index in [1.807, 2.05) is 0 Å². The van der Waals surface area contributed by atoms with Crippen LogP contribution in [0.3, 0.4) is 0 Å². The fraction of sp³-hybridized carbons (Fsp3) is 0.273. The van der Waals surface area contributed by atoms with Gasteiger partial charge in [-0.05, 0) is 6.07 Å². The van der Waals surface area contributed by atoms with Crippen LogP contribution in [0.4, 0.5) is 13.2 Å². The Morgan fingerprint density at radius 2 is 1.85 bits per heavy atom. The van der Waals surface area contributed by atoms with E-state index in [4.69, 9.17) is 28.3 Å². The van der Waals surface area contributed by atoms with Gasteiger partial charge in [-0.3, -0.25) is 4.79 Å². The molecule has 4 nitrogen and oxygen atoms in total. The van der Waals surface area contributed by atoms with Crippen LogP contribution in [0, 0.1) is 0 Å². The molecule has 110 valence electrons. The van der Waals surface area contributed by atoms with E-state index in [1.165, 1.54) is 18.2 Å². The normalized spacial score (nSPS) is 12.9. The summed E-state index contributed by atoms with van der Waals surface area (Å²) in [5, 5.41) is 8.82. The lowest BCUT2D eigenvalue weighted by Gasteiger charge is -2.26. The number of carbonyl (C=O) groups is 2. The molecule has 0 saturated carbocycles. The molecule has 0 spiro atoms. The Labute approximate surface area is 121 Å². The minimum atomic E-state index is -5.19. The topological polar surface area (TPSA) is 57.6 Å². The number of carbonyl (C=O) groups excluding carboxylic acids is 1. The zero-order chi connectivity index (χ0) is 15.7. The third kappa shape index (κ3) is 3.34. The van der Waals surface area contributed by atoms with E-state index in [0.717, 1.165) is 7.05 Å². The van der Waals surface area contributed by atoms with E-state index in [9.17, 15) is 22.8 Å². The minimum absolute atomic E-state index is 0.0247. The van der Waals surface area contributed by atoms with Crippen molar-refractivity contribution in [3.63, 3.8) is 0 Å². The second-order valence-electron chi connectivity index (χ2n) is 3.80. The first kappa shape index (κ1) is 16.6. The number of alkyl halides is 3. The maximum atomic E-state index is 12.4. The number of hydrogen-bond acceptors (Lipinski definition) is 2. The van der Waals surface area contributed by atoms with E-state index >= 15 is 0 Å². The van der Waals surface area contributed by atoms with Gasteiger partial charge < -0.3 is 10.0 Å². The SMILES string of the molecule is CN(C(=O)C(F)(F)F)C(C(=O)O)c1cccc(Cl)c1Cl. The van der Waals surface area contributed by atoms with Crippen molar-refractivity contribution < 1.29 is 27.9 Å². The van der Waals surface area contributed by atoms with Gasteiger partial charge in [0.2, 0.25) is 0 Å². The maximum absolute atomic E-state index is 12.4. The zero-order valence-electron chi connectivity index (χ0n) is 9.91. The van der Waals surface area contributed by atoms with E-state index < -0.39 is 24.1 Å². The van der Waals surface area contributed by atoms with Crippen molar-refractivity contribution in [2.45, 2.75) is 12.2 Å². The van der Waals surface area contributed by atoms with Gasteiger partial charge in [-0.2, -0.15) is 13.2 Å². The average Bonchev–Trinajstić information content (AvgIpc) is 2.32. The average molecular weight is 330 g/mol. The van der Waals surface area contributed by atoms with Gasteiger partial charge in [0.25, 0.3) is 0 Å². The lowest BCUT2D eigenvalue weighted by Crippen LogP contribution is -2.43. The molecule has 1 amide bonds. The Bertz CT molecular complexity index is 548. The van der Waals surface area contributed by atoms with Gasteiger partial charge in [-0.25, -0.2) is 4.79 Å². The van der Waals surface area contributed by atoms with Crippen LogP contribution >= 0.6 is 23.2 Å². The molecule has 0 fully saturated rings. The molecule has 0 radical (unpaired) electrons. The van der Waals surface area contributed by atoms with Gasteiger partial charge in [0.15, 0.2) is 6.04 Å². The van der Waals surface area contributed by atoms with E-state index in [0.29, 0.717) is 0 Å². The van der Waals surface area contributed by atoms with Crippen LogP contribution in [0.15, 0.2) is 18.2 Å². The third-order valence-electron chi connectivity index (χ3n) is 2.46. The van der Waals surface area contributed by atoms with Crippen LogP contribution in [0.5, 0.6) is 0 Å². The Balaban J connectivity index is 3.29. The summed E-state index contributed by atoms with van der Waals surface area (Å²) in [6.07, 6.45) is -5.19. The molecule has 20 heavy (non-hydrogen) atoms. The Hall–Kier alpha value is -1.47. The first-order valence-corrected chi connectivity index (χ1v) is 5.83. The van der Waals surface area contributed by atoms with E-state index in [-0.39, 0.29) is 20.5 Å². The third-order valence-corrected chi connectivity index (χ3v) is 3.29. The molecule has 1 atom stereocenters. The molecule has 1 aromatic rings. The van der Waals surface area contributed by atoms with Crippen molar-refractivity contribution in [3.8, 4) is 0 Å². The van der Waals surface area contributed by atoms with Gasteiger partial charge in [0, 0.05) is 12.6 Å². The number of nitrogens with zero attached hydrogens (tertiary/aromatic N) is 1. The number of amides is 1. The zero-order valence-corrected chi connectivity index (χ0v) is 11.4. The van der Waals surface area contributed by atoms with Crippen LogP contribution in [0.25, 0.3) is 0 Å². The first-order chi connectivity index (χ1) is 9.07. The van der Waals surface area contributed by atoms with Crippen molar-refractivity contribution in [3.05, 3.63) is 33.8 Å². The standard InChI is InChI=1S/C11H8Cl2F3NO3/c1-17(10(20)11(14,15)16)8(9(18)19)5-3-2-4-6(12)7(5)13/h2-4,8H,1H3,(H,18,19). The maximum Gasteiger partial charge on any atom is 0.471 e. The molecule has 0 saturated heterocycles. The van der Waals surface area contributed by atoms with Crippen molar-refractivity contribution in [2.24, 2.45) is 0 Å². The minimum Gasteiger partial charge on any atom is -0.479 e. The highest BCUT2D eigenvalue weighted by Gasteiger charge is 2.45. The summed E-state index contributed by atoms with van der Waals surface area (Å²) in [5.41, 5.74) is -0.202. The molecule has 0 bridgehead atoms. The largest absolute Gasteiger partial charge is 0.479 e. The first-order valence-electron chi connectivity index (χ1n) is 5.08. The summed E-state index contributed by atoms with van der Waals surface area (Å²) in [6.45, 7) is 0. The molecule has 1 rings (SSSR count). The second kappa shape index (κ2) is 5.88. The number of benzene rings is 1. The predicted molar refractivity (Wildman–Crippen MR) is 65.7 cm³/mol. The number of hydrogen-bond donors (Lipinski definition) is 1. The Morgan fingerprint density at radius 1 is 1.30 bits per heavy atom. The highest BCUT2D eigenvalue weighted by molar-refractivity contribution is 6.42. The molecule has 1 N–H and O–H groups in total. The summed E-state index contributed by atoms with van der Waals surface area (Å²) in [7, 11) is 0.728. The number of likely N-dealkylation sites (N-methyl/N-ethyl adjacent to an activating group) is 1. The fourth-order valence-corrected chi connectivity index (χ4v) is 1.97. The molecule has 0 aliphatic rings. The lowest BCUT2D eigenvalue weighted by molar-refractivity contribution is -0.188. The molecule has 0 heterocycles. The Kier molecular flexibility index (Phi) is 4.88. The number of carboxylic acids is 1. The fourth-order valence-electron chi connectivity index (χ4n) is 1.56. The molecule has 9 heteroatoms. The van der Waals surface area contributed by atoms with Crippen LogP contribution in [-0.4, -0.2) is 35.1 Å². The van der Waals surface area contributed by atoms with Crippen molar-refractivity contribution in [1.82, 2.24) is 4.90 Å². The summed E-state index contributed by atoms with van der Waals surface area (Å²) in [4.78, 5) is 22.4. The molecular formula is C11H8Cl2F3NO3. The summed E-state index contributed by atoms with van der Waals surface area (Å²) >= 11 is 11.5. The van der Waals surface area contributed by atoms with Crippen molar-refractivity contribution in [1.29, 1.82) is 0 Å². The highest BCUT2D eigenvalue weighted by atomic mass is 35.5. The van der Waals surface area contributed by atoms with Crippen LogP contribution in [-0.2, 0) is 9.59 Å². The van der Waals surface area contributed by atoms with Gasteiger partial charge in [0.05, 0.1) is 10.0 Å². The molecular weight excluding hydrogens is 322 g/mol. The molecule has 1 aromatic carbocycles. The summed E-state index contributed by atoms with van der Waals surface area (Å²) in [6, 6.07) is 1.96. The molecule has 0 aliphatic carbocycles. The van der Waals surface area contributed by atoms with Crippen LogP contribution < -0.4 is 0 Å². The van der Waals surface area contributed by atoms with Gasteiger partial charge >= 0.3 is 18.1 Å². The summed E-state index contributed by atoms with van der Waals surface area (Å²) in [5.74, 6) is -3.95. The molecule has 0 aromatic heterocycles. The van der Waals surface area contributed by atoms with Crippen LogP contribution in [0.2, 0.25) is 10.0 Å².